The monoisotopic (exact) mass is 255 g/mol. The van der Waals surface area contributed by atoms with Gasteiger partial charge in [0.15, 0.2) is 0 Å². The number of fused-ring (bicyclic) bond motifs is 1. The molecule has 0 radical (unpaired) electrons. The van der Waals surface area contributed by atoms with E-state index in [1.807, 2.05) is 18.3 Å². The Kier molecular flexibility index (Phi) is 3.05. The number of rotatable bonds is 5. The summed E-state index contributed by atoms with van der Waals surface area (Å²) >= 11 is 0. The minimum atomic E-state index is 0.546. The van der Waals surface area contributed by atoms with Crippen molar-refractivity contribution >= 4 is 22.1 Å². The largest absolute Gasteiger partial charge is 0.398 e. The second kappa shape index (κ2) is 4.72. The number of pyridine rings is 1. The fraction of sp³-hybridized carbons (Fsp3) is 0.438. The summed E-state index contributed by atoms with van der Waals surface area (Å²) in [6.45, 7) is 3.33. The van der Waals surface area contributed by atoms with Gasteiger partial charge in [-0.05, 0) is 42.9 Å². The Labute approximate surface area is 114 Å². The first-order chi connectivity index (χ1) is 9.24. The number of anilines is 2. The zero-order chi connectivity index (χ0) is 13.3. The molecular formula is C16H21N3. The SMILES string of the molecule is CCCC1(CNc2ccc(N)c3ccncc23)CC1. The molecule has 1 fully saturated rings. The van der Waals surface area contributed by atoms with Crippen molar-refractivity contribution in [2.24, 2.45) is 5.41 Å². The lowest BCUT2D eigenvalue weighted by atomic mass is 10.0. The Balaban J connectivity index is 1.84. The summed E-state index contributed by atoms with van der Waals surface area (Å²) in [7, 11) is 0. The van der Waals surface area contributed by atoms with Gasteiger partial charge < -0.3 is 11.1 Å². The van der Waals surface area contributed by atoms with Crippen molar-refractivity contribution < 1.29 is 0 Å². The minimum absolute atomic E-state index is 0.546. The Morgan fingerprint density at radius 3 is 2.84 bits per heavy atom. The molecule has 0 amide bonds. The van der Waals surface area contributed by atoms with Gasteiger partial charge in [0.25, 0.3) is 0 Å². The summed E-state index contributed by atoms with van der Waals surface area (Å²) in [5, 5.41) is 5.81. The fourth-order valence-corrected chi connectivity index (χ4v) is 2.87. The van der Waals surface area contributed by atoms with Crippen molar-refractivity contribution in [2.75, 3.05) is 17.6 Å². The Hall–Kier alpha value is -1.77. The maximum absolute atomic E-state index is 6.01. The van der Waals surface area contributed by atoms with Crippen LogP contribution in [0.2, 0.25) is 0 Å². The number of hydrogen-bond donors (Lipinski definition) is 2. The average molecular weight is 255 g/mol. The summed E-state index contributed by atoms with van der Waals surface area (Å²) in [5.41, 5.74) is 8.53. The molecule has 1 heterocycles. The number of nitrogens with one attached hydrogen (secondary N) is 1. The maximum atomic E-state index is 6.01. The first kappa shape index (κ1) is 12.3. The Bertz CT molecular complexity index is 588. The number of aromatic nitrogens is 1. The number of benzene rings is 1. The number of hydrogen-bond acceptors (Lipinski definition) is 3. The summed E-state index contributed by atoms with van der Waals surface area (Å²) in [5.74, 6) is 0. The van der Waals surface area contributed by atoms with E-state index in [-0.39, 0.29) is 0 Å². The van der Waals surface area contributed by atoms with Gasteiger partial charge in [-0.25, -0.2) is 0 Å². The molecule has 19 heavy (non-hydrogen) atoms. The molecule has 1 aliphatic carbocycles. The van der Waals surface area contributed by atoms with E-state index in [0.717, 1.165) is 28.7 Å². The first-order valence-electron chi connectivity index (χ1n) is 7.10. The fourth-order valence-electron chi connectivity index (χ4n) is 2.87. The van der Waals surface area contributed by atoms with Crippen LogP contribution in [0.25, 0.3) is 10.8 Å². The maximum Gasteiger partial charge on any atom is 0.0437 e. The highest BCUT2D eigenvalue weighted by molar-refractivity contribution is 6.00. The molecule has 1 saturated carbocycles. The summed E-state index contributed by atoms with van der Waals surface area (Å²) in [4.78, 5) is 4.22. The van der Waals surface area contributed by atoms with Crippen LogP contribution in [0.1, 0.15) is 32.6 Å². The highest BCUT2D eigenvalue weighted by Gasteiger charge is 2.41. The third-order valence-corrected chi connectivity index (χ3v) is 4.24. The smallest absolute Gasteiger partial charge is 0.0437 e. The van der Waals surface area contributed by atoms with Crippen LogP contribution >= 0.6 is 0 Å². The number of nitrogens with two attached hydrogens (primary N) is 1. The van der Waals surface area contributed by atoms with E-state index in [2.05, 4.69) is 23.3 Å². The van der Waals surface area contributed by atoms with Crippen LogP contribution in [-0.2, 0) is 0 Å². The molecule has 3 nitrogen and oxygen atoms in total. The van der Waals surface area contributed by atoms with Crippen LogP contribution in [0.5, 0.6) is 0 Å². The van der Waals surface area contributed by atoms with E-state index >= 15 is 0 Å². The van der Waals surface area contributed by atoms with Crippen LogP contribution in [0.15, 0.2) is 30.6 Å². The van der Waals surface area contributed by atoms with E-state index in [4.69, 9.17) is 5.73 Å². The number of nitrogens with zero attached hydrogens (tertiary/aromatic N) is 1. The van der Waals surface area contributed by atoms with Crippen molar-refractivity contribution in [1.82, 2.24) is 4.98 Å². The molecule has 3 rings (SSSR count). The normalized spacial score (nSPS) is 16.5. The topological polar surface area (TPSA) is 50.9 Å². The Morgan fingerprint density at radius 1 is 1.26 bits per heavy atom. The summed E-state index contributed by atoms with van der Waals surface area (Å²) in [6.07, 6.45) is 9.00. The highest BCUT2D eigenvalue weighted by atomic mass is 14.9. The predicted octanol–water partition coefficient (Wildman–Crippen LogP) is 3.81. The highest BCUT2D eigenvalue weighted by Crippen LogP contribution is 2.49. The summed E-state index contributed by atoms with van der Waals surface area (Å²) < 4.78 is 0. The van der Waals surface area contributed by atoms with Gasteiger partial charge in [-0.15, -0.1) is 0 Å². The molecule has 1 aliphatic rings. The van der Waals surface area contributed by atoms with E-state index in [1.165, 1.54) is 25.7 Å². The lowest BCUT2D eigenvalue weighted by Gasteiger charge is -2.17. The van der Waals surface area contributed by atoms with Crippen LogP contribution in [0, 0.1) is 5.41 Å². The van der Waals surface area contributed by atoms with Gasteiger partial charge in [-0.2, -0.15) is 0 Å². The van der Waals surface area contributed by atoms with E-state index in [1.54, 1.807) is 6.20 Å². The predicted molar refractivity (Wildman–Crippen MR) is 81.2 cm³/mol. The van der Waals surface area contributed by atoms with Gasteiger partial charge in [0.1, 0.15) is 0 Å². The van der Waals surface area contributed by atoms with E-state index < -0.39 is 0 Å². The first-order valence-corrected chi connectivity index (χ1v) is 7.10. The van der Waals surface area contributed by atoms with Gasteiger partial charge in [-0.1, -0.05) is 13.3 Å². The van der Waals surface area contributed by atoms with Gasteiger partial charge in [0, 0.05) is 41.1 Å². The molecule has 100 valence electrons. The zero-order valence-electron chi connectivity index (χ0n) is 11.4. The molecular weight excluding hydrogens is 234 g/mol. The average Bonchev–Trinajstić information content (AvgIpc) is 3.19. The molecule has 3 N–H and O–H groups in total. The van der Waals surface area contributed by atoms with Crippen molar-refractivity contribution in [3.8, 4) is 0 Å². The lowest BCUT2D eigenvalue weighted by molar-refractivity contribution is 0.486. The molecule has 0 saturated heterocycles. The van der Waals surface area contributed by atoms with Crippen LogP contribution in [-0.4, -0.2) is 11.5 Å². The second-order valence-electron chi connectivity index (χ2n) is 5.73. The molecule has 0 spiro atoms. The van der Waals surface area contributed by atoms with Crippen molar-refractivity contribution in [3.05, 3.63) is 30.6 Å². The lowest BCUT2D eigenvalue weighted by Crippen LogP contribution is -2.15. The third kappa shape index (κ3) is 2.37. The van der Waals surface area contributed by atoms with Crippen LogP contribution in [0.4, 0.5) is 11.4 Å². The molecule has 3 heteroatoms. The third-order valence-electron chi connectivity index (χ3n) is 4.24. The van der Waals surface area contributed by atoms with Crippen molar-refractivity contribution in [1.29, 1.82) is 0 Å². The quantitative estimate of drug-likeness (QED) is 0.799. The molecule has 0 unspecified atom stereocenters. The Morgan fingerprint density at radius 2 is 2.11 bits per heavy atom. The zero-order valence-corrected chi connectivity index (χ0v) is 11.4. The van der Waals surface area contributed by atoms with Crippen molar-refractivity contribution in [2.45, 2.75) is 32.6 Å². The van der Waals surface area contributed by atoms with Gasteiger partial charge in [-0.3, -0.25) is 4.98 Å². The minimum Gasteiger partial charge on any atom is -0.398 e. The summed E-state index contributed by atoms with van der Waals surface area (Å²) in [6, 6.07) is 6.03. The molecule has 0 bridgehead atoms. The van der Waals surface area contributed by atoms with Gasteiger partial charge in [0.2, 0.25) is 0 Å². The van der Waals surface area contributed by atoms with E-state index in [0.29, 0.717) is 5.41 Å². The van der Waals surface area contributed by atoms with Crippen LogP contribution in [0.3, 0.4) is 0 Å². The molecule has 0 aliphatic heterocycles. The van der Waals surface area contributed by atoms with Gasteiger partial charge >= 0.3 is 0 Å². The van der Waals surface area contributed by atoms with E-state index in [9.17, 15) is 0 Å². The molecule has 1 aromatic heterocycles. The molecule has 1 aromatic carbocycles. The van der Waals surface area contributed by atoms with Gasteiger partial charge in [0.05, 0.1) is 0 Å². The van der Waals surface area contributed by atoms with Crippen LogP contribution < -0.4 is 11.1 Å². The number of nitrogen functional groups attached to an aromatic ring is 1. The molecule has 0 atom stereocenters. The standard InChI is InChI=1S/C16H21N3/c1-2-6-16(7-8-16)11-19-15-4-3-14(17)12-5-9-18-10-13(12)15/h3-5,9-10,19H,2,6-8,11,17H2,1H3. The van der Waals surface area contributed by atoms with Crippen molar-refractivity contribution in [3.63, 3.8) is 0 Å². The molecule has 2 aromatic rings. The second-order valence-corrected chi connectivity index (χ2v) is 5.73.